The molecule has 0 saturated carbocycles. The van der Waals surface area contributed by atoms with Gasteiger partial charge in [0.05, 0.1) is 17.2 Å². The molecule has 168 valence electrons. The van der Waals surface area contributed by atoms with E-state index in [0.717, 1.165) is 10.1 Å². The topological polar surface area (TPSA) is 70.7 Å². The average molecular weight is 537 g/mol. The molecule has 34 heavy (non-hydrogen) atoms. The number of ether oxygens (including phenoxy) is 2. The summed E-state index contributed by atoms with van der Waals surface area (Å²) in [6, 6.07) is 21.3. The molecular formula is C26H15BrClNO5. The largest absolute Gasteiger partial charge is 0.456 e. The quantitative estimate of drug-likeness (QED) is 0.323. The maximum Gasteiger partial charge on any atom is 0.427 e. The van der Waals surface area contributed by atoms with E-state index in [1.165, 1.54) is 0 Å². The summed E-state index contributed by atoms with van der Waals surface area (Å²) in [5.74, 6) is -0.198. The van der Waals surface area contributed by atoms with Crippen molar-refractivity contribution in [2.24, 2.45) is 0 Å². The van der Waals surface area contributed by atoms with Crippen molar-refractivity contribution in [2.45, 2.75) is 12.0 Å². The zero-order chi connectivity index (χ0) is 23.4. The van der Waals surface area contributed by atoms with Crippen LogP contribution in [0.1, 0.15) is 23.1 Å². The molecule has 2 atom stereocenters. The first-order valence-electron chi connectivity index (χ1n) is 10.5. The maximum absolute atomic E-state index is 13.8. The Labute approximate surface area is 206 Å². The van der Waals surface area contributed by atoms with Crippen LogP contribution in [-0.4, -0.2) is 4.57 Å². The second-order valence-electron chi connectivity index (χ2n) is 7.90. The number of hydrogen-bond acceptors (Lipinski definition) is 5. The van der Waals surface area contributed by atoms with Gasteiger partial charge in [-0.05, 0) is 52.3 Å². The molecule has 2 aliphatic rings. The van der Waals surface area contributed by atoms with Gasteiger partial charge in [-0.15, -0.1) is 0 Å². The molecule has 2 unspecified atom stereocenters. The highest BCUT2D eigenvalue weighted by molar-refractivity contribution is 9.10. The van der Waals surface area contributed by atoms with E-state index < -0.39 is 23.3 Å². The normalized spacial score (nSPS) is 17.8. The third-order valence-electron chi connectivity index (χ3n) is 5.91. The number of nitrogens with zero attached hydrogens (tertiary/aromatic N) is 1. The lowest BCUT2D eigenvalue weighted by molar-refractivity contribution is 0.0599. The lowest BCUT2D eigenvalue weighted by atomic mass is 9.81. The minimum atomic E-state index is -0.760. The number of fused-ring (bicyclic) bond motifs is 6. The number of aromatic nitrogens is 1. The lowest BCUT2D eigenvalue weighted by Crippen LogP contribution is -2.37. The minimum absolute atomic E-state index is 0.253. The number of para-hydroxylation sites is 1. The van der Waals surface area contributed by atoms with Crippen molar-refractivity contribution in [1.82, 2.24) is 4.57 Å². The van der Waals surface area contributed by atoms with Crippen molar-refractivity contribution < 1.29 is 13.9 Å². The van der Waals surface area contributed by atoms with Crippen LogP contribution in [0.5, 0.6) is 5.75 Å². The molecule has 0 N–H and O–H groups in total. The van der Waals surface area contributed by atoms with E-state index in [2.05, 4.69) is 15.9 Å². The molecule has 0 bridgehead atoms. The van der Waals surface area contributed by atoms with E-state index in [0.29, 0.717) is 32.1 Å². The molecule has 1 aliphatic heterocycles. The zero-order valence-corrected chi connectivity index (χ0v) is 19.7. The van der Waals surface area contributed by atoms with Crippen molar-refractivity contribution in [3.63, 3.8) is 0 Å². The lowest BCUT2D eigenvalue weighted by Gasteiger charge is -2.28. The number of benzene rings is 3. The summed E-state index contributed by atoms with van der Waals surface area (Å²) < 4.78 is 19.5. The van der Waals surface area contributed by atoms with E-state index in [1.807, 2.05) is 24.3 Å². The maximum atomic E-state index is 13.8. The van der Waals surface area contributed by atoms with Crippen molar-refractivity contribution in [3.8, 4) is 22.8 Å². The van der Waals surface area contributed by atoms with Gasteiger partial charge in [-0.2, -0.15) is 0 Å². The van der Waals surface area contributed by atoms with Crippen LogP contribution >= 0.6 is 27.5 Å². The molecule has 3 aromatic carbocycles. The fourth-order valence-corrected chi connectivity index (χ4v) is 5.00. The molecule has 0 fully saturated rings. The van der Waals surface area contributed by atoms with E-state index in [-0.39, 0.29) is 11.7 Å². The van der Waals surface area contributed by atoms with Crippen LogP contribution in [0.3, 0.4) is 0 Å². The highest BCUT2D eigenvalue weighted by Gasteiger charge is 2.43. The van der Waals surface area contributed by atoms with Gasteiger partial charge in [0.25, 0.3) is 11.5 Å². The van der Waals surface area contributed by atoms with Crippen LogP contribution in [0, 0.1) is 0 Å². The molecule has 2 heterocycles. The summed E-state index contributed by atoms with van der Waals surface area (Å²) in [5, 5.41) is 0.591. The monoisotopic (exact) mass is 535 g/mol. The highest BCUT2D eigenvalue weighted by atomic mass is 79.9. The summed E-state index contributed by atoms with van der Waals surface area (Å²) in [7, 11) is 0. The molecule has 1 aliphatic carbocycles. The first-order chi connectivity index (χ1) is 16.5. The van der Waals surface area contributed by atoms with E-state index >= 15 is 0 Å². The number of halogens is 2. The molecule has 6 nitrogen and oxygen atoms in total. The van der Waals surface area contributed by atoms with Crippen LogP contribution in [0.15, 0.2) is 103 Å². The van der Waals surface area contributed by atoms with Crippen molar-refractivity contribution in [1.29, 1.82) is 0 Å². The predicted molar refractivity (Wildman–Crippen MR) is 130 cm³/mol. The fraction of sp³-hybridized carbons (Fsp3) is 0.0769. The zero-order valence-electron chi connectivity index (χ0n) is 17.4. The van der Waals surface area contributed by atoms with Gasteiger partial charge >= 0.3 is 5.76 Å². The van der Waals surface area contributed by atoms with Crippen molar-refractivity contribution in [3.05, 3.63) is 126 Å². The second kappa shape index (κ2) is 8.04. The minimum Gasteiger partial charge on any atom is -0.456 e. The van der Waals surface area contributed by atoms with Gasteiger partial charge in [0.1, 0.15) is 17.6 Å². The Kier molecular flexibility index (Phi) is 4.97. The van der Waals surface area contributed by atoms with E-state index in [1.54, 1.807) is 54.6 Å². The van der Waals surface area contributed by atoms with Gasteiger partial charge in [0.15, 0.2) is 0 Å². The van der Waals surface area contributed by atoms with E-state index in [9.17, 15) is 9.59 Å². The van der Waals surface area contributed by atoms with Gasteiger partial charge in [-0.3, -0.25) is 4.79 Å². The Morgan fingerprint density at radius 3 is 2.47 bits per heavy atom. The van der Waals surface area contributed by atoms with Crippen LogP contribution in [0.4, 0.5) is 0 Å². The van der Waals surface area contributed by atoms with Crippen molar-refractivity contribution >= 4 is 27.5 Å². The Morgan fingerprint density at radius 2 is 1.68 bits per heavy atom. The number of hydrogen-bond donors (Lipinski definition) is 0. The average Bonchev–Trinajstić information content (AvgIpc) is 3.25. The van der Waals surface area contributed by atoms with Crippen molar-refractivity contribution in [2.75, 3.05) is 0 Å². The molecule has 0 spiro atoms. The molecule has 4 aromatic rings. The molecule has 8 heteroatoms. The Morgan fingerprint density at radius 1 is 0.941 bits per heavy atom. The molecule has 0 radical (unpaired) electrons. The molecular weight excluding hydrogens is 522 g/mol. The fourth-order valence-electron chi connectivity index (χ4n) is 4.42. The third kappa shape index (κ3) is 3.31. The number of rotatable bonds is 3. The Balaban J connectivity index is 1.54. The standard InChI is InChI=1S/C26H15BrClNO5/c27-19-7-3-4-8-20(19)29-25(30)22-18-13-21(32-15-11-9-14(28)10-12-15)33-23(18)16-5-1-2-6-17(16)24(22)34-26(29)31/h1-13,18,23H. The predicted octanol–water partition coefficient (Wildman–Crippen LogP) is 5.96. The molecule has 0 saturated heterocycles. The van der Waals surface area contributed by atoms with Gasteiger partial charge in [0, 0.05) is 26.7 Å². The molecule has 1 aromatic heterocycles. The van der Waals surface area contributed by atoms with Gasteiger partial charge in [0.2, 0.25) is 0 Å². The highest BCUT2D eigenvalue weighted by Crippen LogP contribution is 2.51. The van der Waals surface area contributed by atoms with Gasteiger partial charge < -0.3 is 13.9 Å². The van der Waals surface area contributed by atoms with Crippen LogP contribution < -0.4 is 16.1 Å². The smallest absolute Gasteiger partial charge is 0.427 e. The van der Waals surface area contributed by atoms with Crippen LogP contribution in [0.25, 0.3) is 17.0 Å². The Bertz CT molecular complexity index is 1590. The SMILES string of the molecule is O=c1oc2c(c(=O)n1-c1ccccc1Br)C1C=C(Oc3ccc(Cl)cc3)OC1c1ccccc1-2. The third-order valence-corrected chi connectivity index (χ3v) is 6.83. The summed E-state index contributed by atoms with van der Waals surface area (Å²) in [6.07, 6.45) is 1.25. The van der Waals surface area contributed by atoms with Crippen LogP contribution in [0.2, 0.25) is 5.02 Å². The first kappa shape index (κ1) is 21.0. The van der Waals surface area contributed by atoms with Crippen LogP contribution in [-0.2, 0) is 4.74 Å². The summed E-state index contributed by atoms with van der Waals surface area (Å²) in [4.78, 5) is 26.8. The summed E-state index contributed by atoms with van der Waals surface area (Å²) in [6.45, 7) is 0. The van der Waals surface area contributed by atoms with Gasteiger partial charge in [-0.25, -0.2) is 9.36 Å². The first-order valence-corrected chi connectivity index (χ1v) is 11.6. The summed E-state index contributed by atoms with van der Waals surface area (Å²) >= 11 is 9.39. The molecule has 6 rings (SSSR count). The van der Waals surface area contributed by atoms with E-state index in [4.69, 9.17) is 25.5 Å². The second-order valence-corrected chi connectivity index (χ2v) is 9.19. The van der Waals surface area contributed by atoms with Gasteiger partial charge in [-0.1, -0.05) is 48.0 Å². The Hall–Kier alpha value is -3.55. The summed E-state index contributed by atoms with van der Waals surface area (Å²) in [5.41, 5.74) is 1.74. The molecule has 0 amide bonds.